The van der Waals surface area contributed by atoms with Crippen LogP contribution in [0.3, 0.4) is 0 Å². The predicted molar refractivity (Wildman–Crippen MR) is 126 cm³/mol. The van der Waals surface area contributed by atoms with E-state index >= 15 is 0 Å². The van der Waals surface area contributed by atoms with Crippen molar-refractivity contribution in [2.24, 2.45) is 4.99 Å². The van der Waals surface area contributed by atoms with Crippen molar-refractivity contribution in [2.75, 3.05) is 7.11 Å². The fourth-order valence-corrected chi connectivity index (χ4v) is 4.65. The molecule has 30 heavy (non-hydrogen) atoms. The summed E-state index contributed by atoms with van der Waals surface area (Å²) in [4.78, 5) is 5.79. The predicted octanol–water partition coefficient (Wildman–Crippen LogP) is 7.01. The standard InChI is InChI=1S/C24H20Cl2N2OS/c1-29-20-10-8-19(9-11-20)27-24-28(14-13-17-5-3-2-4-6-17)23(16-30-24)21-12-7-18(25)15-22(21)26/h2-12,15-16H,13-14H2,1H3. The molecular formula is C24H20Cl2N2OS. The molecule has 3 aromatic carbocycles. The van der Waals surface area contributed by atoms with Gasteiger partial charge in [-0.15, -0.1) is 11.3 Å². The Labute approximate surface area is 189 Å². The highest BCUT2D eigenvalue weighted by Gasteiger charge is 2.12. The molecule has 4 rings (SSSR count). The highest BCUT2D eigenvalue weighted by molar-refractivity contribution is 7.07. The van der Waals surface area contributed by atoms with Crippen LogP contribution in [-0.2, 0) is 13.0 Å². The van der Waals surface area contributed by atoms with Crippen molar-refractivity contribution < 1.29 is 4.74 Å². The topological polar surface area (TPSA) is 26.5 Å². The molecule has 0 saturated carbocycles. The highest BCUT2D eigenvalue weighted by Crippen LogP contribution is 2.31. The Morgan fingerprint density at radius 2 is 1.73 bits per heavy atom. The van der Waals surface area contributed by atoms with Gasteiger partial charge in [-0.3, -0.25) is 0 Å². The molecule has 152 valence electrons. The summed E-state index contributed by atoms with van der Waals surface area (Å²) >= 11 is 14.2. The fraction of sp³-hybridized carbons (Fsp3) is 0.125. The average Bonchev–Trinajstić information content (AvgIpc) is 3.15. The molecule has 1 aromatic heterocycles. The molecule has 0 fully saturated rings. The Hall–Kier alpha value is -2.53. The lowest BCUT2D eigenvalue weighted by molar-refractivity contribution is 0.415. The summed E-state index contributed by atoms with van der Waals surface area (Å²) in [6, 6.07) is 23.8. The summed E-state index contributed by atoms with van der Waals surface area (Å²) in [7, 11) is 1.66. The van der Waals surface area contributed by atoms with E-state index in [1.165, 1.54) is 5.56 Å². The number of methoxy groups -OCH3 is 1. The monoisotopic (exact) mass is 454 g/mol. The molecule has 0 aliphatic carbocycles. The SMILES string of the molecule is COc1ccc(N=c2scc(-c3ccc(Cl)cc3Cl)n2CCc2ccccc2)cc1. The van der Waals surface area contributed by atoms with E-state index in [9.17, 15) is 0 Å². The smallest absolute Gasteiger partial charge is 0.190 e. The zero-order valence-corrected chi connectivity index (χ0v) is 18.7. The second kappa shape index (κ2) is 9.52. The number of aromatic nitrogens is 1. The van der Waals surface area contributed by atoms with Gasteiger partial charge in [-0.1, -0.05) is 53.5 Å². The van der Waals surface area contributed by atoms with Gasteiger partial charge in [0, 0.05) is 22.5 Å². The van der Waals surface area contributed by atoms with E-state index in [1.807, 2.05) is 42.5 Å². The first-order chi connectivity index (χ1) is 14.6. The summed E-state index contributed by atoms with van der Waals surface area (Å²) in [5.41, 5.74) is 4.13. The van der Waals surface area contributed by atoms with Crippen LogP contribution in [0.4, 0.5) is 5.69 Å². The van der Waals surface area contributed by atoms with Crippen molar-refractivity contribution in [1.29, 1.82) is 0 Å². The molecule has 0 unspecified atom stereocenters. The van der Waals surface area contributed by atoms with Crippen LogP contribution >= 0.6 is 34.5 Å². The van der Waals surface area contributed by atoms with Crippen molar-refractivity contribution in [3.05, 3.63) is 98.6 Å². The molecule has 0 aliphatic rings. The summed E-state index contributed by atoms with van der Waals surface area (Å²) in [5.74, 6) is 0.811. The maximum absolute atomic E-state index is 6.52. The number of ether oxygens (including phenoxy) is 1. The fourth-order valence-electron chi connectivity index (χ4n) is 3.20. The first-order valence-electron chi connectivity index (χ1n) is 9.50. The first kappa shape index (κ1) is 20.7. The molecule has 1 heterocycles. The quantitative estimate of drug-likeness (QED) is 0.307. The largest absolute Gasteiger partial charge is 0.497 e. The maximum Gasteiger partial charge on any atom is 0.190 e. The van der Waals surface area contributed by atoms with Crippen LogP contribution in [0.1, 0.15) is 5.56 Å². The van der Waals surface area contributed by atoms with Crippen LogP contribution in [-0.4, -0.2) is 11.7 Å². The Bertz CT molecular complexity index is 1200. The van der Waals surface area contributed by atoms with E-state index in [0.717, 1.165) is 40.5 Å². The van der Waals surface area contributed by atoms with E-state index in [4.69, 9.17) is 32.9 Å². The molecule has 3 nitrogen and oxygen atoms in total. The number of nitrogens with zero attached hydrogens (tertiary/aromatic N) is 2. The average molecular weight is 455 g/mol. The molecular weight excluding hydrogens is 435 g/mol. The van der Waals surface area contributed by atoms with Gasteiger partial charge in [-0.2, -0.15) is 0 Å². The van der Waals surface area contributed by atoms with Gasteiger partial charge in [-0.25, -0.2) is 4.99 Å². The number of rotatable bonds is 6. The molecule has 6 heteroatoms. The minimum Gasteiger partial charge on any atom is -0.497 e. The van der Waals surface area contributed by atoms with Crippen LogP contribution in [0.15, 0.2) is 83.2 Å². The van der Waals surface area contributed by atoms with Gasteiger partial charge in [0.1, 0.15) is 5.75 Å². The molecule has 0 aliphatic heterocycles. The van der Waals surface area contributed by atoms with Gasteiger partial charge in [0.25, 0.3) is 0 Å². The van der Waals surface area contributed by atoms with Gasteiger partial charge in [0.15, 0.2) is 4.80 Å². The van der Waals surface area contributed by atoms with E-state index < -0.39 is 0 Å². The van der Waals surface area contributed by atoms with Crippen LogP contribution in [0.25, 0.3) is 11.3 Å². The van der Waals surface area contributed by atoms with Crippen molar-refractivity contribution in [2.45, 2.75) is 13.0 Å². The number of hydrogen-bond acceptors (Lipinski definition) is 3. The summed E-state index contributed by atoms with van der Waals surface area (Å²) in [6.07, 6.45) is 0.894. The zero-order valence-electron chi connectivity index (χ0n) is 16.4. The van der Waals surface area contributed by atoms with Crippen molar-refractivity contribution >= 4 is 40.2 Å². The van der Waals surface area contributed by atoms with E-state index in [1.54, 1.807) is 24.5 Å². The number of halogens is 2. The van der Waals surface area contributed by atoms with Crippen molar-refractivity contribution in [1.82, 2.24) is 4.57 Å². The molecule has 0 bridgehead atoms. The lowest BCUT2D eigenvalue weighted by atomic mass is 10.1. The molecule has 0 N–H and O–H groups in total. The summed E-state index contributed by atoms with van der Waals surface area (Å²) < 4.78 is 7.46. The Balaban J connectivity index is 1.77. The zero-order chi connectivity index (χ0) is 20.9. The third kappa shape index (κ3) is 4.78. The minimum atomic E-state index is 0.623. The number of hydrogen-bond donors (Lipinski definition) is 0. The van der Waals surface area contributed by atoms with Crippen LogP contribution < -0.4 is 9.54 Å². The number of benzene rings is 3. The van der Waals surface area contributed by atoms with Gasteiger partial charge in [0.05, 0.1) is 23.5 Å². The summed E-state index contributed by atoms with van der Waals surface area (Å²) in [5, 5.41) is 3.35. The maximum atomic E-state index is 6.52. The Morgan fingerprint density at radius 3 is 2.43 bits per heavy atom. The Kier molecular flexibility index (Phi) is 6.58. The van der Waals surface area contributed by atoms with E-state index in [0.29, 0.717) is 10.0 Å². The highest BCUT2D eigenvalue weighted by atomic mass is 35.5. The molecule has 0 saturated heterocycles. The van der Waals surface area contributed by atoms with Gasteiger partial charge in [-0.05, 0) is 54.4 Å². The molecule has 0 atom stereocenters. The first-order valence-corrected chi connectivity index (χ1v) is 11.1. The molecule has 0 amide bonds. The lowest BCUT2D eigenvalue weighted by Gasteiger charge is -2.11. The second-order valence-electron chi connectivity index (χ2n) is 6.72. The third-order valence-corrected chi connectivity index (χ3v) is 6.18. The van der Waals surface area contributed by atoms with Crippen LogP contribution in [0, 0.1) is 0 Å². The van der Waals surface area contributed by atoms with Gasteiger partial charge in [0.2, 0.25) is 0 Å². The normalized spacial score (nSPS) is 11.6. The van der Waals surface area contributed by atoms with Crippen LogP contribution in [0.2, 0.25) is 10.0 Å². The van der Waals surface area contributed by atoms with Gasteiger partial charge >= 0.3 is 0 Å². The summed E-state index contributed by atoms with van der Waals surface area (Å²) in [6.45, 7) is 0.788. The third-order valence-electron chi connectivity index (χ3n) is 4.77. The lowest BCUT2D eigenvalue weighted by Crippen LogP contribution is -2.17. The van der Waals surface area contributed by atoms with Crippen LogP contribution in [0.5, 0.6) is 5.75 Å². The van der Waals surface area contributed by atoms with E-state index in [2.05, 4.69) is 34.2 Å². The second-order valence-corrected chi connectivity index (χ2v) is 8.40. The number of aryl methyl sites for hydroxylation is 1. The molecule has 0 radical (unpaired) electrons. The van der Waals surface area contributed by atoms with E-state index in [-0.39, 0.29) is 0 Å². The molecule has 4 aromatic rings. The van der Waals surface area contributed by atoms with Crippen molar-refractivity contribution in [3.8, 4) is 17.0 Å². The number of thiazole rings is 1. The molecule has 0 spiro atoms. The Morgan fingerprint density at radius 1 is 0.967 bits per heavy atom. The van der Waals surface area contributed by atoms with Gasteiger partial charge < -0.3 is 9.30 Å². The minimum absolute atomic E-state index is 0.623. The van der Waals surface area contributed by atoms with Crippen molar-refractivity contribution in [3.63, 3.8) is 0 Å².